The Balaban J connectivity index is 1.91. The molecule has 1 aliphatic rings. The molecule has 128 valence electrons. The Morgan fingerprint density at radius 3 is 2.65 bits per heavy atom. The summed E-state index contributed by atoms with van der Waals surface area (Å²) >= 11 is 0. The molecule has 1 atom stereocenters. The van der Waals surface area contributed by atoms with Gasteiger partial charge in [0.2, 0.25) is 0 Å². The SMILES string of the molecule is CC(C)(C)OC(=O)N1CC[C@@H](CNc2ccncc2)C(F)(F)C1. The molecule has 1 aromatic rings. The molecule has 1 amide bonds. The Hall–Kier alpha value is -1.92. The summed E-state index contributed by atoms with van der Waals surface area (Å²) in [7, 11) is 0. The first-order valence-electron chi connectivity index (χ1n) is 7.67. The summed E-state index contributed by atoms with van der Waals surface area (Å²) in [6.45, 7) is 4.97. The fraction of sp³-hybridized carbons (Fsp3) is 0.625. The van der Waals surface area contributed by atoms with Gasteiger partial charge in [-0.15, -0.1) is 0 Å². The van der Waals surface area contributed by atoms with E-state index in [-0.39, 0.29) is 19.5 Å². The van der Waals surface area contributed by atoms with Crippen molar-refractivity contribution in [3.05, 3.63) is 24.5 Å². The molecule has 0 unspecified atom stereocenters. The number of aromatic nitrogens is 1. The van der Waals surface area contributed by atoms with Crippen LogP contribution in [0.25, 0.3) is 0 Å². The van der Waals surface area contributed by atoms with Crippen molar-refractivity contribution in [2.24, 2.45) is 5.92 Å². The van der Waals surface area contributed by atoms with Gasteiger partial charge in [-0.1, -0.05) is 0 Å². The molecule has 0 aliphatic carbocycles. The quantitative estimate of drug-likeness (QED) is 0.924. The van der Waals surface area contributed by atoms with Gasteiger partial charge in [0.15, 0.2) is 0 Å². The van der Waals surface area contributed by atoms with Gasteiger partial charge >= 0.3 is 6.09 Å². The van der Waals surface area contributed by atoms with Gasteiger partial charge in [0.05, 0.1) is 6.54 Å². The number of nitrogens with zero attached hydrogens (tertiary/aromatic N) is 2. The number of amides is 1. The highest BCUT2D eigenvalue weighted by Gasteiger charge is 2.46. The number of carbonyl (C=O) groups excluding carboxylic acids is 1. The topological polar surface area (TPSA) is 54.5 Å². The maximum absolute atomic E-state index is 14.3. The minimum absolute atomic E-state index is 0.152. The molecule has 0 radical (unpaired) electrons. The van der Waals surface area contributed by atoms with Crippen molar-refractivity contribution in [2.75, 3.05) is 25.0 Å². The molecule has 0 aromatic carbocycles. The summed E-state index contributed by atoms with van der Waals surface area (Å²) in [5.74, 6) is -3.77. The molecule has 0 bridgehead atoms. The van der Waals surface area contributed by atoms with Crippen LogP contribution in [0.5, 0.6) is 0 Å². The Kier molecular flexibility index (Phi) is 5.06. The Morgan fingerprint density at radius 1 is 1.43 bits per heavy atom. The number of nitrogens with one attached hydrogen (secondary N) is 1. The molecule has 1 N–H and O–H groups in total. The molecule has 5 nitrogen and oxygen atoms in total. The minimum Gasteiger partial charge on any atom is -0.444 e. The van der Waals surface area contributed by atoms with E-state index < -0.39 is 30.1 Å². The van der Waals surface area contributed by atoms with E-state index in [0.717, 1.165) is 10.6 Å². The third-order valence-corrected chi connectivity index (χ3v) is 3.63. The molecule has 2 heterocycles. The lowest BCUT2D eigenvalue weighted by molar-refractivity contribution is -0.106. The van der Waals surface area contributed by atoms with E-state index in [1.807, 2.05) is 0 Å². The van der Waals surface area contributed by atoms with Crippen LogP contribution >= 0.6 is 0 Å². The summed E-state index contributed by atoms with van der Waals surface area (Å²) in [4.78, 5) is 16.9. The van der Waals surface area contributed by atoms with Gasteiger partial charge in [0, 0.05) is 37.1 Å². The predicted octanol–water partition coefficient (Wildman–Crippen LogP) is 3.39. The molecular weight excluding hydrogens is 304 g/mol. The fourth-order valence-electron chi connectivity index (χ4n) is 2.43. The number of anilines is 1. The zero-order chi connectivity index (χ0) is 17.1. The van der Waals surface area contributed by atoms with E-state index >= 15 is 0 Å². The van der Waals surface area contributed by atoms with Gasteiger partial charge in [0.25, 0.3) is 5.92 Å². The number of ether oxygens (including phenoxy) is 1. The van der Waals surface area contributed by atoms with Crippen LogP contribution in [0.4, 0.5) is 19.3 Å². The summed E-state index contributed by atoms with van der Waals surface area (Å²) in [5.41, 5.74) is 0.0666. The number of halogens is 2. The maximum Gasteiger partial charge on any atom is 0.410 e. The molecule has 7 heteroatoms. The molecule has 1 fully saturated rings. The van der Waals surface area contributed by atoms with Crippen molar-refractivity contribution in [3.8, 4) is 0 Å². The summed E-state index contributed by atoms with van der Waals surface area (Å²) in [5, 5.41) is 3.00. The van der Waals surface area contributed by atoms with Crippen molar-refractivity contribution in [2.45, 2.75) is 38.7 Å². The van der Waals surface area contributed by atoms with E-state index in [4.69, 9.17) is 4.74 Å². The third kappa shape index (κ3) is 5.04. The minimum atomic E-state index is -2.95. The number of alkyl halides is 2. The molecule has 1 aliphatic heterocycles. The van der Waals surface area contributed by atoms with Crippen molar-refractivity contribution in [3.63, 3.8) is 0 Å². The normalized spacial score (nSPS) is 20.9. The van der Waals surface area contributed by atoms with Crippen LogP contribution in [0.2, 0.25) is 0 Å². The molecule has 0 spiro atoms. The van der Waals surface area contributed by atoms with Crippen LogP contribution in [0, 0.1) is 5.92 Å². The molecular formula is C16H23F2N3O2. The van der Waals surface area contributed by atoms with Gasteiger partial charge in [-0.2, -0.15) is 0 Å². The van der Waals surface area contributed by atoms with Gasteiger partial charge < -0.3 is 15.0 Å². The lowest BCUT2D eigenvalue weighted by Crippen LogP contribution is -2.53. The second-order valence-corrected chi connectivity index (χ2v) is 6.77. The van der Waals surface area contributed by atoms with Crippen molar-refractivity contribution in [1.82, 2.24) is 9.88 Å². The third-order valence-electron chi connectivity index (χ3n) is 3.63. The van der Waals surface area contributed by atoms with Crippen molar-refractivity contribution >= 4 is 11.8 Å². The summed E-state index contributed by atoms with van der Waals surface area (Å²) in [6, 6.07) is 3.46. The van der Waals surface area contributed by atoms with Crippen molar-refractivity contribution in [1.29, 1.82) is 0 Å². The molecule has 1 saturated heterocycles. The number of hydrogen-bond acceptors (Lipinski definition) is 4. The van der Waals surface area contributed by atoms with Crippen LogP contribution < -0.4 is 5.32 Å². The lowest BCUT2D eigenvalue weighted by atomic mass is 9.93. The van der Waals surface area contributed by atoms with Gasteiger partial charge in [-0.25, -0.2) is 13.6 Å². The largest absolute Gasteiger partial charge is 0.444 e. The average Bonchev–Trinajstić information content (AvgIpc) is 2.44. The zero-order valence-corrected chi connectivity index (χ0v) is 13.7. The van der Waals surface area contributed by atoms with Gasteiger partial charge in [-0.05, 0) is 39.3 Å². The number of carbonyl (C=O) groups is 1. The van der Waals surface area contributed by atoms with E-state index in [0.29, 0.717) is 0 Å². The highest BCUT2D eigenvalue weighted by molar-refractivity contribution is 5.68. The average molecular weight is 327 g/mol. The summed E-state index contributed by atoms with van der Waals surface area (Å²) < 4.78 is 33.8. The summed E-state index contributed by atoms with van der Waals surface area (Å²) in [6.07, 6.45) is 2.75. The Bertz CT molecular complexity index is 532. The van der Waals surface area contributed by atoms with E-state index in [9.17, 15) is 13.6 Å². The first-order chi connectivity index (χ1) is 10.7. The second kappa shape index (κ2) is 6.68. The fourth-order valence-corrected chi connectivity index (χ4v) is 2.43. The van der Waals surface area contributed by atoms with Crippen LogP contribution in [-0.2, 0) is 4.74 Å². The monoisotopic (exact) mass is 327 g/mol. The van der Waals surface area contributed by atoms with E-state index in [1.54, 1.807) is 45.3 Å². The zero-order valence-electron chi connectivity index (χ0n) is 13.7. The smallest absolute Gasteiger partial charge is 0.410 e. The molecule has 23 heavy (non-hydrogen) atoms. The number of rotatable bonds is 3. The Morgan fingerprint density at radius 2 is 2.09 bits per heavy atom. The van der Waals surface area contributed by atoms with Crippen LogP contribution in [0.1, 0.15) is 27.2 Å². The Labute approximate surface area is 135 Å². The molecule has 1 aromatic heterocycles. The number of likely N-dealkylation sites (tertiary alicyclic amines) is 1. The highest BCUT2D eigenvalue weighted by atomic mass is 19.3. The molecule has 0 saturated carbocycles. The van der Waals surface area contributed by atoms with E-state index in [2.05, 4.69) is 10.3 Å². The van der Waals surface area contributed by atoms with Crippen LogP contribution in [0.15, 0.2) is 24.5 Å². The van der Waals surface area contributed by atoms with Crippen LogP contribution in [-0.4, -0.2) is 47.1 Å². The molecule has 2 rings (SSSR count). The first-order valence-corrected chi connectivity index (χ1v) is 7.67. The van der Waals surface area contributed by atoms with Crippen LogP contribution in [0.3, 0.4) is 0 Å². The maximum atomic E-state index is 14.3. The predicted molar refractivity (Wildman–Crippen MR) is 83.6 cm³/mol. The first kappa shape index (κ1) is 17.4. The standard InChI is InChI=1S/C16H23F2N3O2/c1-15(2,3)23-14(22)21-9-6-12(16(17,18)11-21)10-20-13-4-7-19-8-5-13/h4-5,7-8,12H,6,9-11H2,1-3H3,(H,19,20)/t12-/m0/s1. The number of piperidine rings is 1. The van der Waals surface area contributed by atoms with E-state index in [1.165, 1.54) is 0 Å². The second-order valence-electron chi connectivity index (χ2n) is 6.77. The number of pyridine rings is 1. The number of hydrogen-bond donors (Lipinski definition) is 1. The highest BCUT2D eigenvalue weighted by Crippen LogP contribution is 2.33. The van der Waals surface area contributed by atoms with Gasteiger partial charge in [-0.3, -0.25) is 4.98 Å². The van der Waals surface area contributed by atoms with Gasteiger partial charge in [0.1, 0.15) is 5.60 Å². The van der Waals surface area contributed by atoms with Crippen molar-refractivity contribution < 1.29 is 18.3 Å². The lowest BCUT2D eigenvalue weighted by Gasteiger charge is -2.38.